The quantitative estimate of drug-likeness (QED) is 0.387. The van der Waals surface area contributed by atoms with Crippen LogP contribution >= 0.6 is 0 Å². The van der Waals surface area contributed by atoms with Crippen molar-refractivity contribution in [3.05, 3.63) is 100 Å². The van der Waals surface area contributed by atoms with Crippen LogP contribution in [0.15, 0.2) is 88.1 Å². The van der Waals surface area contributed by atoms with Crippen molar-refractivity contribution in [2.75, 3.05) is 37.6 Å². The molecular formula is C31H33N3O3. The molecule has 5 rings (SSSR count). The van der Waals surface area contributed by atoms with E-state index in [0.717, 1.165) is 44.7 Å². The molecule has 190 valence electrons. The summed E-state index contributed by atoms with van der Waals surface area (Å²) in [6.07, 6.45) is 0.847. The van der Waals surface area contributed by atoms with Crippen molar-refractivity contribution in [2.45, 2.75) is 26.3 Å². The van der Waals surface area contributed by atoms with E-state index in [4.69, 9.17) is 4.42 Å². The largest absolute Gasteiger partial charge is 0.455 e. The van der Waals surface area contributed by atoms with Gasteiger partial charge in [-0.05, 0) is 44.5 Å². The Bertz CT molecular complexity index is 1430. The number of anilines is 1. The second-order valence-electron chi connectivity index (χ2n) is 9.76. The van der Waals surface area contributed by atoms with Gasteiger partial charge in [0, 0.05) is 55.6 Å². The summed E-state index contributed by atoms with van der Waals surface area (Å²) in [5.74, 6) is 0.277. The van der Waals surface area contributed by atoms with Gasteiger partial charge in [0.05, 0.1) is 10.9 Å². The molecule has 1 atom stereocenters. The van der Waals surface area contributed by atoms with Crippen molar-refractivity contribution < 1.29 is 9.21 Å². The van der Waals surface area contributed by atoms with Gasteiger partial charge in [-0.3, -0.25) is 14.5 Å². The Morgan fingerprint density at radius 2 is 1.59 bits per heavy atom. The van der Waals surface area contributed by atoms with Crippen LogP contribution in [-0.2, 0) is 0 Å². The Kier molecular flexibility index (Phi) is 7.37. The van der Waals surface area contributed by atoms with Crippen LogP contribution in [0.5, 0.6) is 0 Å². The Labute approximate surface area is 217 Å². The molecule has 0 saturated carbocycles. The number of fused-ring (bicyclic) bond motifs is 1. The van der Waals surface area contributed by atoms with Crippen LogP contribution in [0.1, 0.15) is 29.3 Å². The SMILES string of the molecule is Cc1c(-c2ccccc2)oc2c(C(=O)N[C@H](C)CCN3CCN(c4ccccc4)CC3)cccc2c1=O. The summed E-state index contributed by atoms with van der Waals surface area (Å²) in [4.78, 5) is 31.3. The molecule has 2 heterocycles. The van der Waals surface area contributed by atoms with Gasteiger partial charge in [0.15, 0.2) is 11.0 Å². The Morgan fingerprint density at radius 1 is 0.919 bits per heavy atom. The Balaban J connectivity index is 1.24. The number of piperazine rings is 1. The highest BCUT2D eigenvalue weighted by molar-refractivity contribution is 6.05. The number of carbonyl (C=O) groups excluding carboxylic acids is 1. The highest BCUT2D eigenvalue weighted by Crippen LogP contribution is 2.27. The van der Waals surface area contributed by atoms with E-state index in [2.05, 4.69) is 39.4 Å². The number of hydrogen-bond donors (Lipinski definition) is 1. The molecule has 3 aromatic carbocycles. The van der Waals surface area contributed by atoms with Gasteiger partial charge in [0.25, 0.3) is 5.91 Å². The highest BCUT2D eigenvalue weighted by Gasteiger charge is 2.21. The predicted molar refractivity (Wildman–Crippen MR) is 149 cm³/mol. The van der Waals surface area contributed by atoms with E-state index < -0.39 is 0 Å². The second kappa shape index (κ2) is 11.0. The summed E-state index contributed by atoms with van der Waals surface area (Å²) in [6, 6.07) is 25.2. The van der Waals surface area contributed by atoms with E-state index in [9.17, 15) is 9.59 Å². The van der Waals surface area contributed by atoms with E-state index in [1.807, 2.05) is 43.3 Å². The molecule has 1 fully saturated rings. The molecule has 0 spiro atoms. The number of hydrogen-bond acceptors (Lipinski definition) is 5. The number of nitrogens with one attached hydrogen (secondary N) is 1. The van der Waals surface area contributed by atoms with Crippen LogP contribution in [0.25, 0.3) is 22.3 Å². The van der Waals surface area contributed by atoms with Gasteiger partial charge >= 0.3 is 0 Å². The molecule has 1 aromatic heterocycles. The smallest absolute Gasteiger partial charge is 0.255 e. The van der Waals surface area contributed by atoms with Gasteiger partial charge in [-0.2, -0.15) is 0 Å². The molecule has 1 aliphatic heterocycles. The summed E-state index contributed by atoms with van der Waals surface area (Å²) >= 11 is 0. The van der Waals surface area contributed by atoms with Crippen LogP contribution in [0.3, 0.4) is 0 Å². The fourth-order valence-corrected chi connectivity index (χ4v) is 4.97. The monoisotopic (exact) mass is 495 g/mol. The van der Waals surface area contributed by atoms with Crippen molar-refractivity contribution in [1.82, 2.24) is 10.2 Å². The van der Waals surface area contributed by atoms with Crippen molar-refractivity contribution in [2.24, 2.45) is 0 Å². The van der Waals surface area contributed by atoms with E-state index >= 15 is 0 Å². The molecule has 4 aromatic rings. The molecular weight excluding hydrogens is 462 g/mol. The standard InChI is InChI=1S/C31H33N3O3/c1-22(16-17-33-18-20-34(21-19-33)25-12-7-4-8-13-25)32-31(36)27-15-9-14-26-28(35)23(2)29(37-30(26)27)24-10-5-3-6-11-24/h3-15,22H,16-21H2,1-2H3,(H,32,36)/t22-/m1/s1. The first kappa shape index (κ1) is 24.8. The first-order chi connectivity index (χ1) is 18.0. The summed E-state index contributed by atoms with van der Waals surface area (Å²) < 4.78 is 6.22. The Morgan fingerprint density at radius 3 is 2.30 bits per heavy atom. The Hall–Kier alpha value is -3.90. The molecule has 1 N–H and O–H groups in total. The average molecular weight is 496 g/mol. The van der Waals surface area contributed by atoms with Crippen LogP contribution in [0.2, 0.25) is 0 Å². The summed E-state index contributed by atoms with van der Waals surface area (Å²) in [7, 11) is 0. The maximum Gasteiger partial charge on any atom is 0.255 e. The number of benzene rings is 3. The van der Waals surface area contributed by atoms with E-state index in [-0.39, 0.29) is 17.4 Å². The molecule has 0 radical (unpaired) electrons. The van der Waals surface area contributed by atoms with Crippen molar-refractivity contribution in [3.63, 3.8) is 0 Å². The van der Waals surface area contributed by atoms with E-state index in [1.165, 1.54) is 5.69 Å². The third kappa shape index (κ3) is 5.44. The van der Waals surface area contributed by atoms with Crippen molar-refractivity contribution in [3.8, 4) is 11.3 Å². The zero-order valence-electron chi connectivity index (χ0n) is 21.4. The number of carbonyl (C=O) groups is 1. The van der Waals surface area contributed by atoms with Gasteiger partial charge in [0.1, 0.15) is 5.76 Å². The minimum atomic E-state index is -0.224. The van der Waals surface area contributed by atoms with E-state index in [0.29, 0.717) is 27.9 Å². The molecule has 1 amide bonds. The molecule has 1 saturated heterocycles. The van der Waals surface area contributed by atoms with Gasteiger partial charge in [0.2, 0.25) is 0 Å². The normalized spacial score (nSPS) is 15.0. The fourth-order valence-electron chi connectivity index (χ4n) is 4.97. The molecule has 37 heavy (non-hydrogen) atoms. The lowest BCUT2D eigenvalue weighted by atomic mass is 10.0. The third-order valence-electron chi connectivity index (χ3n) is 7.18. The number of rotatable bonds is 7. The van der Waals surface area contributed by atoms with Crippen LogP contribution in [-0.4, -0.2) is 49.6 Å². The zero-order chi connectivity index (χ0) is 25.8. The van der Waals surface area contributed by atoms with Crippen LogP contribution in [0.4, 0.5) is 5.69 Å². The predicted octanol–water partition coefficient (Wildman–Crippen LogP) is 5.10. The molecule has 0 aliphatic carbocycles. The van der Waals surface area contributed by atoms with Gasteiger partial charge < -0.3 is 14.6 Å². The first-order valence-corrected chi connectivity index (χ1v) is 13.0. The summed E-state index contributed by atoms with van der Waals surface area (Å²) in [5, 5.41) is 3.54. The van der Waals surface area contributed by atoms with E-state index in [1.54, 1.807) is 25.1 Å². The molecule has 1 aliphatic rings. The maximum absolute atomic E-state index is 13.3. The minimum absolute atomic E-state index is 0.0133. The maximum atomic E-state index is 13.3. The number of amides is 1. The van der Waals surface area contributed by atoms with Crippen molar-refractivity contribution >= 4 is 22.6 Å². The van der Waals surface area contributed by atoms with Gasteiger partial charge in [-0.1, -0.05) is 54.6 Å². The fraction of sp³-hybridized carbons (Fsp3) is 0.290. The number of nitrogens with zero attached hydrogens (tertiary/aromatic N) is 2. The molecule has 0 unspecified atom stereocenters. The topological polar surface area (TPSA) is 65.8 Å². The van der Waals surface area contributed by atoms with Crippen LogP contribution in [0, 0.1) is 6.92 Å². The lowest BCUT2D eigenvalue weighted by Gasteiger charge is -2.36. The first-order valence-electron chi connectivity index (χ1n) is 13.0. The lowest BCUT2D eigenvalue weighted by Crippen LogP contribution is -2.47. The molecule has 6 nitrogen and oxygen atoms in total. The van der Waals surface area contributed by atoms with Crippen molar-refractivity contribution in [1.29, 1.82) is 0 Å². The average Bonchev–Trinajstić information content (AvgIpc) is 2.94. The van der Waals surface area contributed by atoms with Crippen LogP contribution < -0.4 is 15.6 Å². The second-order valence-corrected chi connectivity index (χ2v) is 9.76. The lowest BCUT2D eigenvalue weighted by molar-refractivity contribution is 0.0936. The van der Waals surface area contributed by atoms with Gasteiger partial charge in [-0.25, -0.2) is 0 Å². The number of para-hydroxylation sites is 2. The minimum Gasteiger partial charge on any atom is -0.455 e. The summed E-state index contributed by atoms with van der Waals surface area (Å²) in [5.41, 5.74) is 3.23. The molecule has 6 heteroatoms. The molecule has 0 bridgehead atoms. The zero-order valence-corrected chi connectivity index (χ0v) is 21.4. The summed E-state index contributed by atoms with van der Waals surface area (Å²) in [6.45, 7) is 8.73. The third-order valence-corrected chi connectivity index (χ3v) is 7.18. The van der Waals surface area contributed by atoms with Gasteiger partial charge in [-0.15, -0.1) is 0 Å². The highest BCUT2D eigenvalue weighted by atomic mass is 16.3.